The van der Waals surface area contributed by atoms with Gasteiger partial charge in [0.2, 0.25) is 0 Å². The van der Waals surface area contributed by atoms with E-state index in [2.05, 4.69) is 59.2 Å². The number of imidazole rings is 1. The van der Waals surface area contributed by atoms with Crippen molar-refractivity contribution in [3.63, 3.8) is 0 Å². The minimum atomic E-state index is 0.835. The molecule has 0 saturated carbocycles. The lowest BCUT2D eigenvalue weighted by molar-refractivity contribution is 0.522. The molecule has 1 aliphatic heterocycles. The van der Waals surface area contributed by atoms with Crippen molar-refractivity contribution in [3.05, 3.63) is 52.6 Å². The Bertz CT molecular complexity index is 765. The molecule has 2 heterocycles. The zero-order valence-electron chi connectivity index (χ0n) is 12.5. The molecule has 0 atom stereocenters. The molecule has 1 aromatic heterocycles. The van der Waals surface area contributed by atoms with Gasteiger partial charge in [0.05, 0.1) is 0 Å². The summed E-state index contributed by atoms with van der Waals surface area (Å²) in [5, 5.41) is 0. The molecule has 104 valence electrons. The average molecular weight is 274 g/mol. The van der Waals surface area contributed by atoms with E-state index in [0.717, 1.165) is 30.0 Å². The average Bonchev–Trinajstić information content (AvgIpc) is 2.90. The Morgan fingerprint density at radius 2 is 1.90 bits per heavy atom. The summed E-state index contributed by atoms with van der Waals surface area (Å²) in [7, 11) is 0. The fourth-order valence-corrected chi connectivity index (χ4v) is 2.49. The third-order valence-corrected chi connectivity index (χ3v) is 3.88. The van der Waals surface area contributed by atoms with Crippen molar-refractivity contribution in [1.29, 1.82) is 0 Å². The van der Waals surface area contributed by atoms with E-state index in [4.69, 9.17) is 0 Å². The molecule has 0 bridgehead atoms. The Morgan fingerprint density at radius 1 is 1.05 bits per heavy atom. The van der Waals surface area contributed by atoms with Gasteiger partial charge in [-0.2, -0.15) is 0 Å². The minimum absolute atomic E-state index is 0.835. The summed E-state index contributed by atoms with van der Waals surface area (Å²) >= 11 is 0. The Kier molecular flexibility index (Phi) is 3.80. The van der Waals surface area contributed by atoms with Gasteiger partial charge in [0, 0.05) is 24.7 Å². The van der Waals surface area contributed by atoms with Crippen LogP contribution < -0.4 is 0 Å². The summed E-state index contributed by atoms with van der Waals surface area (Å²) in [5.41, 5.74) is 4.39. The molecule has 1 aromatic carbocycles. The summed E-state index contributed by atoms with van der Waals surface area (Å²) in [6, 6.07) is 6.22. The maximum absolute atomic E-state index is 4.54. The molecule has 0 N–H and O–H groups in total. The molecule has 0 fully saturated rings. The molecule has 0 radical (unpaired) electrons. The Morgan fingerprint density at radius 3 is 2.71 bits per heavy atom. The van der Waals surface area contributed by atoms with E-state index in [1.54, 1.807) is 0 Å². The second-order valence-corrected chi connectivity index (χ2v) is 5.49. The zero-order valence-corrected chi connectivity index (χ0v) is 12.5. The van der Waals surface area contributed by atoms with E-state index in [1.807, 2.05) is 12.3 Å². The lowest BCUT2D eigenvalue weighted by Gasteiger charge is -2.11. The first kappa shape index (κ1) is 13.5. The number of hydrogen-bond donors (Lipinski definition) is 0. The second kappa shape index (κ2) is 5.90. The standard InChI is InChI=1S/C19H18N2/c1-15-10-11-17(13-16(15)2)7-3-4-8-18-14-21-12-6-5-9-19(21)20-18/h10-11,13-14H,5-6,9,12H2,1-2H3. The second-order valence-electron chi connectivity index (χ2n) is 5.49. The van der Waals surface area contributed by atoms with E-state index in [1.165, 1.54) is 24.0 Å². The molecular formula is C19H18N2. The Labute approximate surface area is 126 Å². The fourth-order valence-electron chi connectivity index (χ4n) is 2.49. The van der Waals surface area contributed by atoms with E-state index in [9.17, 15) is 0 Å². The van der Waals surface area contributed by atoms with Crippen LogP contribution in [0.2, 0.25) is 0 Å². The van der Waals surface area contributed by atoms with Crippen LogP contribution in [0.25, 0.3) is 0 Å². The van der Waals surface area contributed by atoms with Gasteiger partial charge < -0.3 is 4.57 Å². The van der Waals surface area contributed by atoms with Gasteiger partial charge in [-0.3, -0.25) is 0 Å². The maximum atomic E-state index is 4.54. The van der Waals surface area contributed by atoms with E-state index in [-0.39, 0.29) is 0 Å². The highest BCUT2D eigenvalue weighted by atomic mass is 15.1. The first-order chi connectivity index (χ1) is 10.2. The molecule has 21 heavy (non-hydrogen) atoms. The quantitative estimate of drug-likeness (QED) is 0.674. The number of hydrogen-bond acceptors (Lipinski definition) is 1. The number of nitrogens with zero attached hydrogens (tertiary/aromatic N) is 2. The highest BCUT2D eigenvalue weighted by molar-refractivity contribution is 5.45. The van der Waals surface area contributed by atoms with Crippen molar-refractivity contribution >= 4 is 0 Å². The number of benzene rings is 1. The molecule has 0 saturated heterocycles. The number of rotatable bonds is 0. The van der Waals surface area contributed by atoms with Gasteiger partial charge in [0.15, 0.2) is 0 Å². The van der Waals surface area contributed by atoms with Gasteiger partial charge >= 0.3 is 0 Å². The van der Waals surface area contributed by atoms with Gasteiger partial charge in [0.25, 0.3) is 0 Å². The van der Waals surface area contributed by atoms with Crippen molar-refractivity contribution < 1.29 is 0 Å². The fraction of sp³-hybridized carbons (Fsp3) is 0.316. The third-order valence-electron chi connectivity index (χ3n) is 3.88. The zero-order chi connectivity index (χ0) is 14.7. The van der Waals surface area contributed by atoms with Gasteiger partial charge in [-0.1, -0.05) is 12.0 Å². The van der Waals surface area contributed by atoms with Gasteiger partial charge in [-0.15, -0.1) is 0 Å². The molecule has 0 unspecified atom stereocenters. The Hall–Kier alpha value is -2.45. The van der Waals surface area contributed by atoms with Crippen molar-refractivity contribution in [1.82, 2.24) is 9.55 Å². The number of aromatic nitrogens is 2. The molecule has 0 spiro atoms. The smallest absolute Gasteiger partial charge is 0.132 e. The molecule has 2 nitrogen and oxygen atoms in total. The molecular weight excluding hydrogens is 256 g/mol. The predicted octanol–water partition coefficient (Wildman–Crippen LogP) is 3.24. The highest BCUT2D eigenvalue weighted by Crippen LogP contribution is 2.13. The Balaban J connectivity index is 1.75. The van der Waals surface area contributed by atoms with Crippen molar-refractivity contribution in [3.8, 4) is 23.7 Å². The monoisotopic (exact) mass is 274 g/mol. The van der Waals surface area contributed by atoms with E-state index in [0.29, 0.717) is 0 Å². The lowest BCUT2D eigenvalue weighted by Crippen LogP contribution is -2.08. The topological polar surface area (TPSA) is 17.8 Å². The third kappa shape index (κ3) is 3.18. The number of aryl methyl sites for hydroxylation is 4. The normalized spacial score (nSPS) is 12.7. The largest absolute Gasteiger partial charge is 0.334 e. The van der Waals surface area contributed by atoms with E-state index < -0.39 is 0 Å². The van der Waals surface area contributed by atoms with Crippen LogP contribution in [0.15, 0.2) is 24.4 Å². The molecule has 3 rings (SSSR count). The van der Waals surface area contributed by atoms with Gasteiger partial charge in [-0.25, -0.2) is 4.98 Å². The first-order valence-electron chi connectivity index (χ1n) is 7.38. The molecule has 0 amide bonds. The van der Waals surface area contributed by atoms with Crippen LogP contribution in [-0.2, 0) is 13.0 Å². The predicted molar refractivity (Wildman–Crippen MR) is 84.8 cm³/mol. The van der Waals surface area contributed by atoms with Gasteiger partial charge in [-0.05, 0) is 67.7 Å². The van der Waals surface area contributed by atoms with Crippen LogP contribution in [0.3, 0.4) is 0 Å². The highest BCUT2D eigenvalue weighted by Gasteiger charge is 2.10. The van der Waals surface area contributed by atoms with Crippen LogP contribution in [-0.4, -0.2) is 9.55 Å². The molecule has 1 aliphatic rings. The van der Waals surface area contributed by atoms with Crippen LogP contribution in [0.1, 0.15) is 41.1 Å². The van der Waals surface area contributed by atoms with Crippen molar-refractivity contribution in [2.45, 2.75) is 39.7 Å². The molecule has 0 aliphatic carbocycles. The number of fused-ring (bicyclic) bond motifs is 1. The minimum Gasteiger partial charge on any atom is -0.334 e. The van der Waals surface area contributed by atoms with Crippen LogP contribution >= 0.6 is 0 Å². The summed E-state index contributed by atoms with van der Waals surface area (Å²) in [5.74, 6) is 13.1. The lowest BCUT2D eigenvalue weighted by atomic mass is 10.1. The summed E-state index contributed by atoms with van der Waals surface area (Å²) in [6.45, 7) is 5.27. The van der Waals surface area contributed by atoms with Crippen molar-refractivity contribution in [2.24, 2.45) is 0 Å². The van der Waals surface area contributed by atoms with E-state index >= 15 is 0 Å². The van der Waals surface area contributed by atoms with Crippen LogP contribution in [0.4, 0.5) is 0 Å². The SMILES string of the molecule is Cc1ccc(C#CC#Cc2cn3c(n2)CCCC3)cc1C. The molecule has 2 heteroatoms. The maximum Gasteiger partial charge on any atom is 0.132 e. The summed E-state index contributed by atoms with van der Waals surface area (Å²) in [4.78, 5) is 4.54. The summed E-state index contributed by atoms with van der Waals surface area (Å²) in [6.07, 6.45) is 5.58. The summed E-state index contributed by atoms with van der Waals surface area (Å²) < 4.78 is 2.21. The molecule has 2 aromatic rings. The van der Waals surface area contributed by atoms with Crippen LogP contribution in [0.5, 0.6) is 0 Å². The van der Waals surface area contributed by atoms with Crippen LogP contribution in [0, 0.1) is 37.5 Å². The van der Waals surface area contributed by atoms with Gasteiger partial charge in [0.1, 0.15) is 11.5 Å². The van der Waals surface area contributed by atoms with Crippen molar-refractivity contribution in [2.75, 3.05) is 0 Å². The first-order valence-corrected chi connectivity index (χ1v) is 7.38.